The summed E-state index contributed by atoms with van der Waals surface area (Å²) in [6.45, 7) is 17.4. The lowest BCUT2D eigenvalue weighted by Crippen LogP contribution is -2.29. The normalized spacial score (nSPS) is 12.7. The van der Waals surface area contributed by atoms with E-state index in [0.717, 1.165) is 21.6 Å². The molecule has 1 aromatic heterocycles. The van der Waals surface area contributed by atoms with Crippen molar-refractivity contribution in [3.05, 3.63) is 78.2 Å². The molecule has 0 atom stereocenters. The van der Waals surface area contributed by atoms with Gasteiger partial charge in [0.1, 0.15) is 11.4 Å². The molecular weight excluding hydrogens is 348 g/mol. The third-order valence-electron chi connectivity index (χ3n) is 4.71. The molecule has 0 saturated carbocycles. The molecule has 0 amide bonds. The fourth-order valence-corrected chi connectivity index (χ4v) is 2.65. The lowest BCUT2D eigenvalue weighted by molar-refractivity contribution is 0.259. The first kappa shape index (κ1) is 21.0. The van der Waals surface area contributed by atoms with Crippen LogP contribution in [-0.2, 0) is 0 Å². The van der Waals surface area contributed by atoms with E-state index in [1.165, 1.54) is 0 Å². The molecule has 1 heterocycles. The lowest BCUT2D eigenvalue weighted by atomic mass is 9.91. The second kappa shape index (κ2) is 8.61. The molecule has 2 aromatic rings. The van der Waals surface area contributed by atoms with Crippen LogP contribution in [0.2, 0.25) is 0 Å². The van der Waals surface area contributed by atoms with Gasteiger partial charge in [-0.15, -0.1) is 0 Å². The number of nitrogens with one attached hydrogen (secondary N) is 1. The average molecular weight is 376 g/mol. The van der Waals surface area contributed by atoms with Gasteiger partial charge in [0.05, 0.1) is 11.5 Å². The van der Waals surface area contributed by atoms with E-state index in [4.69, 9.17) is 0 Å². The van der Waals surface area contributed by atoms with Crippen LogP contribution in [0.5, 0.6) is 5.75 Å². The van der Waals surface area contributed by atoms with Crippen LogP contribution in [0.25, 0.3) is 29.0 Å². The zero-order valence-electron chi connectivity index (χ0n) is 16.8. The minimum absolute atomic E-state index is 0.0380. The highest BCUT2D eigenvalue weighted by molar-refractivity contribution is 5.70. The molecular formula is C24H28N2O2. The van der Waals surface area contributed by atoms with Gasteiger partial charge < -0.3 is 15.5 Å². The highest BCUT2D eigenvalue weighted by Gasteiger charge is 2.22. The first-order chi connectivity index (χ1) is 13.2. The monoisotopic (exact) mass is 376 g/mol. The maximum atomic E-state index is 10.5. The number of benzene rings is 1. The van der Waals surface area contributed by atoms with Crippen LogP contribution in [0.15, 0.2) is 62.0 Å². The van der Waals surface area contributed by atoms with E-state index in [0.29, 0.717) is 17.9 Å². The molecule has 0 saturated heterocycles. The number of hydrogen-bond donors (Lipinski definition) is 3. The van der Waals surface area contributed by atoms with E-state index in [2.05, 4.69) is 30.0 Å². The second-order valence-corrected chi connectivity index (χ2v) is 7.29. The number of hydrogen-bond acceptors (Lipinski definition) is 4. The second-order valence-electron chi connectivity index (χ2n) is 7.29. The quantitative estimate of drug-likeness (QED) is 0.642. The molecule has 4 heteroatoms. The topological polar surface area (TPSA) is 65.4 Å². The van der Waals surface area contributed by atoms with Crippen LogP contribution in [-0.4, -0.2) is 21.7 Å². The highest BCUT2D eigenvalue weighted by Crippen LogP contribution is 2.28. The van der Waals surface area contributed by atoms with E-state index in [1.807, 2.05) is 51.1 Å². The summed E-state index contributed by atoms with van der Waals surface area (Å²) in [5.41, 5.74) is 2.09. The number of aromatic hydroxyl groups is 1. The third kappa shape index (κ3) is 4.71. The number of pyridine rings is 1. The predicted octanol–water partition coefficient (Wildman–Crippen LogP) is 3.88. The molecule has 3 N–H and O–H groups in total. The van der Waals surface area contributed by atoms with E-state index in [-0.39, 0.29) is 11.5 Å². The number of rotatable bonds is 7. The maximum Gasteiger partial charge on any atom is 0.143 e. The lowest BCUT2D eigenvalue weighted by Gasteiger charge is -2.24. The van der Waals surface area contributed by atoms with E-state index in [9.17, 15) is 10.2 Å². The van der Waals surface area contributed by atoms with Gasteiger partial charge in [0, 0.05) is 23.7 Å². The van der Waals surface area contributed by atoms with Crippen LogP contribution >= 0.6 is 0 Å². The summed E-state index contributed by atoms with van der Waals surface area (Å²) >= 11 is 0. The summed E-state index contributed by atoms with van der Waals surface area (Å²) in [6.07, 6.45) is 7.45. The minimum Gasteiger partial charge on any atom is -0.512 e. The first-order valence-corrected chi connectivity index (χ1v) is 9.09. The Bertz CT molecular complexity index is 1030. The van der Waals surface area contributed by atoms with Gasteiger partial charge in [-0.2, -0.15) is 0 Å². The Morgan fingerprint density at radius 1 is 1.18 bits per heavy atom. The Balaban J connectivity index is 2.31. The average Bonchev–Trinajstić information content (AvgIpc) is 2.66. The summed E-state index contributed by atoms with van der Waals surface area (Å²) in [4.78, 5) is 4.38. The van der Waals surface area contributed by atoms with Crippen molar-refractivity contribution in [2.24, 2.45) is 5.41 Å². The Morgan fingerprint density at radius 3 is 2.46 bits per heavy atom. The molecule has 0 fully saturated rings. The van der Waals surface area contributed by atoms with Crippen molar-refractivity contribution >= 4 is 17.8 Å². The van der Waals surface area contributed by atoms with Crippen molar-refractivity contribution in [2.45, 2.75) is 20.8 Å². The van der Waals surface area contributed by atoms with Gasteiger partial charge in [-0.3, -0.25) is 4.98 Å². The first-order valence-electron chi connectivity index (χ1n) is 9.09. The van der Waals surface area contributed by atoms with Crippen LogP contribution in [0, 0.1) is 5.41 Å². The fourth-order valence-electron chi connectivity index (χ4n) is 2.65. The number of allylic oxidation sites excluding steroid dienone is 1. The Kier molecular flexibility index (Phi) is 6.47. The van der Waals surface area contributed by atoms with Crippen molar-refractivity contribution in [2.75, 3.05) is 6.54 Å². The van der Waals surface area contributed by atoms with Crippen molar-refractivity contribution in [1.29, 1.82) is 0 Å². The van der Waals surface area contributed by atoms with Crippen LogP contribution in [0.4, 0.5) is 0 Å². The van der Waals surface area contributed by atoms with Gasteiger partial charge in [-0.1, -0.05) is 63.9 Å². The largest absolute Gasteiger partial charge is 0.512 e. The smallest absolute Gasteiger partial charge is 0.143 e. The number of aliphatic hydroxyl groups is 1. The maximum absolute atomic E-state index is 10.5. The van der Waals surface area contributed by atoms with Crippen molar-refractivity contribution in [1.82, 2.24) is 10.3 Å². The van der Waals surface area contributed by atoms with Crippen molar-refractivity contribution < 1.29 is 10.2 Å². The molecule has 146 valence electrons. The highest BCUT2D eigenvalue weighted by atomic mass is 16.3. The van der Waals surface area contributed by atoms with Gasteiger partial charge in [0.2, 0.25) is 0 Å². The van der Waals surface area contributed by atoms with Gasteiger partial charge in [0.15, 0.2) is 0 Å². The Hall–Kier alpha value is -3.27. The van der Waals surface area contributed by atoms with E-state index < -0.39 is 5.41 Å². The summed E-state index contributed by atoms with van der Waals surface area (Å²) in [7, 11) is 0. The molecule has 4 nitrogen and oxygen atoms in total. The summed E-state index contributed by atoms with van der Waals surface area (Å²) in [5, 5.41) is 25.4. The van der Waals surface area contributed by atoms with Gasteiger partial charge in [-0.25, -0.2) is 0 Å². The molecule has 2 rings (SSSR count). The van der Waals surface area contributed by atoms with E-state index in [1.54, 1.807) is 18.3 Å². The third-order valence-corrected chi connectivity index (χ3v) is 4.71. The van der Waals surface area contributed by atoms with Crippen LogP contribution in [0.3, 0.4) is 0 Å². The summed E-state index contributed by atoms with van der Waals surface area (Å²) in [5.74, 6) is 0.122. The zero-order valence-corrected chi connectivity index (χ0v) is 16.8. The summed E-state index contributed by atoms with van der Waals surface area (Å²) < 4.78 is 0. The zero-order chi connectivity index (χ0) is 20.9. The molecule has 28 heavy (non-hydrogen) atoms. The molecule has 0 aliphatic heterocycles. The fraction of sp³-hybridized carbons (Fsp3) is 0.208. The van der Waals surface area contributed by atoms with Gasteiger partial charge >= 0.3 is 0 Å². The van der Waals surface area contributed by atoms with Gasteiger partial charge in [-0.05, 0) is 35.1 Å². The van der Waals surface area contributed by atoms with Crippen molar-refractivity contribution in [3.63, 3.8) is 0 Å². The van der Waals surface area contributed by atoms with Crippen LogP contribution < -0.4 is 15.8 Å². The molecule has 0 spiro atoms. The molecule has 1 aromatic carbocycles. The predicted molar refractivity (Wildman–Crippen MR) is 118 cm³/mol. The Labute approximate surface area is 166 Å². The number of aromatic nitrogens is 1. The number of nitrogens with zero attached hydrogens (tertiary/aromatic N) is 1. The van der Waals surface area contributed by atoms with Crippen LogP contribution in [0.1, 0.15) is 26.5 Å². The van der Waals surface area contributed by atoms with Crippen molar-refractivity contribution in [3.8, 4) is 16.9 Å². The standard InChI is InChI=1S/C24H28N2O2/c1-7-9-19-12-20(11-10-18(19)8-2)21-13-22(28)23(25-14-21)16(3)26-15-24(5,6)17(4)27/h7-14,26-28H,1,3-4,15H2,2,5-6H3/b18-8-,19-9-. The molecule has 0 bridgehead atoms. The SMILES string of the molecule is C=C/C=c1/cc(-c2cnc(C(=C)NCC(C)(C)C(=C)O)c(O)c2)cc/c1=C/C. The molecule has 0 aliphatic rings. The molecule has 0 unspecified atom stereocenters. The molecule has 0 radical (unpaired) electrons. The Morgan fingerprint density at radius 2 is 1.89 bits per heavy atom. The number of aliphatic hydroxyl groups excluding tert-OH is 1. The summed E-state index contributed by atoms with van der Waals surface area (Å²) in [6, 6.07) is 7.73. The van der Waals surface area contributed by atoms with Gasteiger partial charge in [0.25, 0.3) is 0 Å². The van der Waals surface area contributed by atoms with E-state index >= 15 is 0 Å². The molecule has 0 aliphatic carbocycles. The minimum atomic E-state index is -0.519.